The van der Waals surface area contributed by atoms with Gasteiger partial charge in [-0.3, -0.25) is 10.1 Å². The normalized spacial score (nSPS) is 11.3. The van der Waals surface area contributed by atoms with E-state index in [4.69, 9.17) is 5.73 Å². The van der Waals surface area contributed by atoms with Crippen LogP contribution in [-0.4, -0.2) is 21.7 Å². The molecule has 0 fully saturated rings. The molecule has 0 bridgehead atoms. The molecular formula is C22H23F2N5O2. The van der Waals surface area contributed by atoms with E-state index < -0.39 is 23.6 Å². The van der Waals surface area contributed by atoms with Gasteiger partial charge in [0.2, 0.25) is 5.91 Å². The number of halogens is 2. The predicted octanol–water partition coefficient (Wildman–Crippen LogP) is 4.12. The maximum absolute atomic E-state index is 13.8. The van der Waals surface area contributed by atoms with Crippen LogP contribution in [-0.2, 0) is 16.6 Å². The van der Waals surface area contributed by atoms with E-state index in [0.717, 1.165) is 23.4 Å². The highest BCUT2D eigenvalue weighted by atomic mass is 19.1. The van der Waals surface area contributed by atoms with Gasteiger partial charge in [-0.1, -0.05) is 32.9 Å². The van der Waals surface area contributed by atoms with Crippen molar-refractivity contribution in [3.05, 3.63) is 71.4 Å². The summed E-state index contributed by atoms with van der Waals surface area (Å²) in [6.07, 6.45) is 0.114. The van der Waals surface area contributed by atoms with Crippen molar-refractivity contribution in [3.8, 4) is 5.69 Å². The van der Waals surface area contributed by atoms with Gasteiger partial charge in [-0.15, -0.1) is 0 Å². The Hall–Kier alpha value is -3.75. The van der Waals surface area contributed by atoms with E-state index in [1.165, 1.54) is 4.68 Å². The van der Waals surface area contributed by atoms with E-state index in [9.17, 15) is 18.4 Å². The van der Waals surface area contributed by atoms with Gasteiger partial charge in [0, 0.05) is 17.5 Å². The van der Waals surface area contributed by atoms with Gasteiger partial charge in [-0.25, -0.2) is 18.3 Å². The summed E-state index contributed by atoms with van der Waals surface area (Å²) >= 11 is 0. The Kier molecular flexibility index (Phi) is 6.05. The molecule has 7 nitrogen and oxygen atoms in total. The van der Waals surface area contributed by atoms with Gasteiger partial charge in [-0.05, 0) is 29.8 Å². The minimum atomic E-state index is -0.885. The first-order valence-corrected chi connectivity index (χ1v) is 9.54. The Balaban J connectivity index is 1.89. The van der Waals surface area contributed by atoms with E-state index in [1.54, 1.807) is 30.3 Å². The molecule has 9 heteroatoms. The van der Waals surface area contributed by atoms with Crippen molar-refractivity contribution < 1.29 is 18.4 Å². The number of rotatable bonds is 5. The van der Waals surface area contributed by atoms with Gasteiger partial charge in [0.15, 0.2) is 0 Å². The molecule has 4 N–H and O–H groups in total. The Labute approximate surface area is 178 Å². The lowest BCUT2D eigenvalue weighted by molar-refractivity contribution is -0.117. The monoisotopic (exact) mass is 427 g/mol. The van der Waals surface area contributed by atoms with Crippen molar-refractivity contribution in [1.29, 1.82) is 0 Å². The minimum Gasteiger partial charge on any atom is -0.369 e. The molecule has 31 heavy (non-hydrogen) atoms. The first-order valence-electron chi connectivity index (χ1n) is 9.54. The zero-order valence-corrected chi connectivity index (χ0v) is 17.4. The van der Waals surface area contributed by atoms with Gasteiger partial charge < -0.3 is 11.1 Å². The molecular weight excluding hydrogens is 404 g/mol. The predicted molar refractivity (Wildman–Crippen MR) is 114 cm³/mol. The molecule has 0 aliphatic heterocycles. The van der Waals surface area contributed by atoms with E-state index in [-0.39, 0.29) is 17.5 Å². The second kappa shape index (κ2) is 8.55. The second-order valence-corrected chi connectivity index (χ2v) is 8.09. The van der Waals surface area contributed by atoms with Crippen LogP contribution in [0.2, 0.25) is 0 Å². The number of carbonyl (C=O) groups is 2. The highest BCUT2D eigenvalue weighted by Crippen LogP contribution is 2.27. The van der Waals surface area contributed by atoms with Crippen molar-refractivity contribution in [2.24, 2.45) is 5.73 Å². The molecule has 1 heterocycles. The summed E-state index contributed by atoms with van der Waals surface area (Å²) in [5.41, 5.74) is 6.89. The van der Waals surface area contributed by atoms with Crippen molar-refractivity contribution >= 4 is 23.4 Å². The van der Waals surface area contributed by atoms with Crippen LogP contribution < -0.4 is 16.4 Å². The van der Waals surface area contributed by atoms with Crippen LogP contribution in [0.25, 0.3) is 5.69 Å². The summed E-state index contributed by atoms with van der Waals surface area (Å²) < 4.78 is 28.5. The Morgan fingerprint density at radius 3 is 2.29 bits per heavy atom. The summed E-state index contributed by atoms with van der Waals surface area (Å²) in [4.78, 5) is 23.6. The number of aromatic nitrogens is 2. The molecule has 3 aromatic rings. The summed E-state index contributed by atoms with van der Waals surface area (Å²) in [5, 5.41) is 9.60. The second-order valence-electron chi connectivity index (χ2n) is 8.09. The van der Waals surface area contributed by atoms with Crippen LogP contribution in [0.15, 0.2) is 48.5 Å². The third-order valence-electron chi connectivity index (χ3n) is 4.46. The highest BCUT2D eigenvalue weighted by Gasteiger charge is 2.22. The molecule has 0 aliphatic carbocycles. The van der Waals surface area contributed by atoms with Gasteiger partial charge >= 0.3 is 6.03 Å². The molecule has 3 amide bonds. The topological polar surface area (TPSA) is 102 Å². The molecule has 0 spiro atoms. The van der Waals surface area contributed by atoms with Crippen LogP contribution >= 0.6 is 0 Å². The SMILES string of the molecule is CC(C)(C)c1cc(NC(=O)Nc2ccc(F)cc2F)n(-c2ccc(CC(N)=O)cc2)n1. The number of nitrogens with two attached hydrogens (primary N) is 1. The highest BCUT2D eigenvalue weighted by molar-refractivity contribution is 5.99. The number of hydrogen-bond acceptors (Lipinski definition) is 3. The molecule has 0 radical (unpaired) electrons. The number of benzene rings is 2. The first-order chi connectivity index (χ1) is 14.5. The number of urea groups is 1. The van der Waals surface area contributed by atoms with Gasteiger partial charge in [0.25, 0.3) is 0 Å². The molecule has 0 saturated carbocycles. The molecule has 0 saturated heterocycles. The Bertz CT molecular complexity index is 1120. The lowest BCUT2D eigenvalue weighted by Crippen LogP contribution is -2.22. The average Bonchev–Trinajstić information content (AvgIpc) is 3.08. The van der Waals surface area contributed by atoms with Crippen molar-refractivity contribution in [3.63, 3.8) is 0 Å². The molecule has 0 aliphatic rings. The molecule has 2 aromatic carbocycles. The minimum absolute atomic E-state index is 0.114. The molecule has 3 rings (SSSR count). The van der Waals surface area contributed by atoms with Crippen LogP contribution in [0.1, 0.15) is 32.0 Å². The third kappa shape index (κ3) is 5.44. The number of nitrogens with zero attached hydrogens (tertiary/aromatic N) is 2. The number of primary amides is 1. The van der Waals surface area contributed by atoms with Gasteiger partial charge in [0.1, 0.15) is 17.5 Å². The molecule has 0 atom stereocenters. The lowest BCUT2D eigenvalue weighted by atomic mass is 9.92. The maximum Gasteiger partial charge on any atom is 0.324 e. The quantitative estimate of drug-likeness (QED) is 0.571. The van der Waals surface area contributed by atoms with E-state index >= 15 is 0 Å². The van der Waals surface area contributed by atoms with Crippen molar-refractivity contribution in [2.75, 3.05) is 10.6 Å². The molecule has 162 valence electrons. The number of nitrogens with one attached hydrogen (secondary N) is 2. The summed E-state index contributed by atoms with van der Waals surface area (Å²) in [6.45, 7) is 5.94. The van der Waals surface area contributed by atoms with E-state index in [0.29, 0.717) is 17.6 Å². The zero-order valence-electron chi connectivity index (χ0n) is 17.4. The Morgan fingerprint density at radius 1 is 1.03 bits per heavy atom. The zero-order chi connectivity index (χ0) is 22.8. The maximum atomic E-state index is 13.8. The smallest absolute Gasteiger partial charge is 0.324 e. The average molecular weight is 427 g/mol. The molecule has 1 aromatic heterocycles. The van der Waals surface area contributed by atoms with Crippen LogP contribution in [0.4, 0.5) is 25.1 Å². The number of carbonyl (C=O) groups excluding carboxylic acids is 2. The summed E-state index contributed by atoms with van der Waals surface area (Å²) in [7, 11) is 0. The number of anilines is 2. The summed E-state index contributed by atoms with van der Waals surface area (Å²) in [5.74, 6) is -1.71. The van der Waals surface area contributed by atoms with E-state index in [1.807, 2.05) is 20.8 Å². The Morgan fingerprint density at radius 2 is 1.71 bits per heavy atom. The lowest BCUT2D eigenvalue weighted by Gasteiger charge is -2.14. The fourth-order valence-corrected chi connectivity index (χ4v) is 2.85. The largest absolute Gasteiger partial charge is 0.369 e. The first kappa shape index (κ1) is 21.9. The number of amides is 3. The van der Waals surface area contributed by atoms with E-state index in [2.05, 4.69) is 15.7 Å². The fraction of sp³-hybridized carbons (Fsp3) is 0.227. The third-order valence-corrected chi connectivity index (χ3v) is 4.46. The summed E-state index contributed by atoms with van der Waals surface area (Å²) in [6, 6.07) is 10.9. The number of hydrogen-bond donors (Lipinski definition) is 3. The standard InChI is InChI=1S/C22H23F2N5O2/c1-22(2,3)18-12-20(27-21(31)26-17-9-6-14(23)11-16(17)24)29(28-18)15-7-4-13(5-8-15)10-19(25)30/h4-9,11-12H,10H2,1-3H3,(H2,25,30)(H2,26,27,31). The van der Waals surface area contributed by atoms with Gasteiger partial charge in [0.05, 0.1) is 23.5 Å². The van der Waals surface area contributed by atoms with Gasteiger partial charge in [-0.2, -0.15) is 5.10 Å². The van der Waals surface area contributed by atoms with Crippen LogP contribution in [0.5, 0.6) is 0 Å². The van der Waals surface area contributed by atoms with Crippen molar-refractivity contribution in [1.82, 2.24) is 9.78 Å². The van der Waals surface area contributed by atoms with Crippen molar-refractivity contribution in [2.45, 2.75) is 32.6 Å². The van der Waals surface area contributed by atoms with Crippen LogP contribution in [0, 0.1) is 11.6 Å². The fourth-order valence-electron chi connectivity index (χ4n) is 2.85. The van der Waals surface area contributed by atoms with Crippen LogP contribution in [0.3, 0.4) is 0 Å². The molecule has 0 unspecified atom stereocenters.